The Labute approximate surface area is 159 Å². The predicted octanol–water partition coefficient (Wildman–Crippen LogP) is 1.55. The van der Waals surface area contributed by atoms with E-state index in [-0.39, 0.29) is 12.0 Å². The molecule has 27 heavy (non-hydrogen) atoms. The van der Waals surface area contributed by atoms with Gasteiger partial charge in [-0.3, -0.25) is 9.78 Å². The van der Waals surface area contributed by atoms with Crippen molar-refractivity contribution >= 4 is 16.9 Å². The maximum absolute atomic E-state index is 13.1. The van der Waals surface area contributed by atoms with E-state index in [0.29, 0.717) is 25.7 Å². The zero-order valence-electron chi connectivity index (χ0n) is 15.9. The van der Waals surface area contributed by atoms with Gasteiger partial charge in [-0.25, -0.2) is 0 Å². The number of hydrogen-bond donors (Lipinski definition) is 1. The molecule has 1 N–H and O–H groups in total. The highest BCUT2D eigenvalue weighted by Crippen LogP contribution is 2.31. The van der Waals surface area contributed by atoms with E-state index in [2.05, 4.69) is 27.1 Å². The maximum atomic E-state index is 13.1. The molecule has 7 nitrogen and oxygen atoms in total. The average Bonchev–Trinajstić information content (AvgIpc) is 3.50. The van der Waals surface area contributed by atoms with Crippen LogP contribution in [0.5, 0.6) is 0 Å². The summed E-state index contributed by atoms with van der Waals surface area (Å²) in [4.78, 5) is 19.7. The van der Waals surface area contributed by atoms with Crippen LogP contribution in [0.3, 0.4) is 0 Å². The molecule has 3 heterocycles. The second kappa shape index (κ2) is 8.37. The fourth-order valence-electron chi connectivity index (χ4n) is 3.74. The van der Waals surface area contributed by atoms with Crippen molar-refractivity contribution in [2.24, 2.45) is 0 Å². The van der Waals surface area contributed by atoms with Gasteiger partial charge >= 0.3 is 0 Å². The lowest BCUT2D eigenvalue weighted by Gasteiger charge is -2.29. The van der Waals surface area contributed by atoms with Crippen LogP contribution in [0.1, 0.15) is 24.8 Å². The van der Waals surface area contributed by atoms with Gasteiger partial charge in [-0.15, -0.1) is 0 Å². The third kappa shape index (κ3) is 4.15. The first-order valence-corrected chi connectivity index (χ1v) is 9.82. The SMILES string of the molecule is COCCCn1cc(CN(C(=O)[C@H]2CNCCO2)C2CC2)c2ncccc21. The molecular weight excluding hydrogens is 344 g/mol. The van der Waals surface area contributed by atoms with Gasteiger partial charge in [-0.05, 0) is 31.4 Å². The summed E-state index contributed by atoms with van der Waals surface area (Å²) in [5, 5.41) is 3.26. The minimum atomic E-state index is -0.373. The van der Waals surface area contributed by atoms with Gasteiger partial charge in [-0.1, -0.05) is 0 Å². The summed E-state index contributed by atoms with van der Waals surface area (Å²) in [5.74, 6) is 0.0981. The van der Waals surface area contributed by atoms with E-state index in [1.165, 1.54) is 0 Å². The number of aromatic nitrogens is 2. The number of morpholine rings is 1. The van der Waals surface area contributed by atoms with Gasteiger partial charge in [0, 0.05) is 63.9 Å². The highest BCUT2D eigenvalue weighted by molar-refractivity contribution is 5.84. The van der Waals surface area contributed by atoms with Crippen molar-refractivity contribution < 1.29 is 14.3 Å². The van der Waals surface area contributed by atoms with E-state index in [4.69, 9.17) is 9.47 Å². The molecule has 4 rings (SSSR count). The summed E-state index contributed by atoms with van der Waals surface area (Å²) in [6.07, 6.45) is 6.69. The van der Waals surface area contributed by atoms with Crippen molar-refractivity contribution in [1.82, 2.24) is 19.8 Å². The van der Waals surface area contributed by atoms with Gasteiger partial charge < -0.3 is 24.3 Å². The Morgan fingerprint density at radius 1 is 1.48 bits per heavy atom. The Morgan fingerprint density at radius 2 is 2.37 bits per heavy atom. The fraction of sp³-hybridized carbons (Fsp3) is 0.600. The molecule has 1 atom stereocenters. The van der Waals surface area contributed by atoms with Gasteiger partial charge in [0.25, 0.3) is 5.91 Å². The van der Waals surface area contributed by atoms with Crippen molar-refractivity contribution in [1.29, 1.82) is 0 Å². The lowest BCUT2D eigenvalue weighted by atomic mass is 10.2. The molecular formula is C20H28N4O3. The van der Waals surface area contributed by atoms with Gasteiger partial charge in [0.1, 0.15) is 6.10 Å². The molecule has 0 aromatic carbocycles. The van der Waals surface area contributed by atoms with Crippen LogP contribution in [0.25, 0.3) is 11.0 Å². The standard InChI is InChI=1S/C20H28N4O3/c1-26-10-3-9-23-13-15(19-17(23)4-2-7-22-19)14-24(16-5-6-16)20(25)18-12-21-8-11-27-18/h2,4,7,13,16,18,21H,3,5-6,8-12,14H2,1H3/t18-/m1/s1. The lowest BCUT2D eigenvalue weighted by molar-refractivity contribution is -0.146. The van der Waals surface area contributed by atoms with E-state index >= 15 is 0 Å². The third-order valence-electron chi connectivity index (χ3n) is 5.27. The molecule has 0 bridgehead atoms. The number of carbonyl (C=O) groups is 1. The second-order valence-electron chi connectivity index (χ2n) is 7.33. The van der Waals surface area contributed by atoms with Gasteiger partial charge in [0.05, 0.1) is 17.6 Å². The normalized spacial score (nSPS) is 20.1. The molecule has 1 saturated heterocycles. The number of fused-ring (bicyclic) bond motifs is 1. The van der Waals surface area contributed by atoms with Crippen molar-refractivity contribution in [2.45, 2.75) is 44.5 Å². The number of nitrogens with zero attached hydrogens (tertiary/aromatic N) is 3. The van der Waals surface area contributed by atoms with Gasteiger partial charge in [0.15, 0.2) is 0 Å². The predicted molar refractivity (Wildman–Crippen MR) is 102 cm³/mol. The Hall–Kier alpha value is -1.96. The Kier molecular flexibility index (Phi) is 5.71. The fourth-order valence-corrected chi connectivity index (χ4v) is 3.74. The number of hydrogen-bond acceptors (Lipinski definition) is 5. The van der Waals surface area contributed by atoms with Gasteiger partial charge in [-0.2, -0.15) is 0 Å². The number of carbonyl (C=O) groups excluding carboxylic acids is 1. The van der Waals surface area contributed by atoms with E-state index < -0.39 is 0 Å². The van der Waals surface area contributed by atoms with E-state index in [0.717, 1.165) is 55.6 Å². The quantitative estimate of drug-likeness (QED) is 0.712. The summed E-state index contributed by atoms with van der Waals surface area (Å²) in [6, 6.07) is 4.39. The lowest BCUT2D eigenvalue weighted by Crippen LogP contribution is -2.49. The number of methoxy groups -OCH3 is 1. The highest BCUT2D eigenvalue weighted by Gasteiger charge is 2.37. The zero-order valence-corrected chi connectivity index (χ0v) is 15.9. The van der Waals surface area contributed by atoms with Crippen LogP contribution >= 0.6 is 0 Å². The molecule has 1 aliphatic carbocycles. The highest BCUT2D eigenvalue weighted by atomic mass is 16.5. The number of nitrogens with one attached hydrogen (secondary N) is 1. The van der Waals surface area contributed by atoms with Crippen LogP contribution in [0.15, 0.2) is 24.5 Å². The first-order valence-electron chi connectivity index (χ1n) is 9.82. The van der Waals surface area contributed by atoms with Crippen molar-refractivity contribution in [3.8, 4) is 0 Å². The maximum Gasteiger partial charge on any atom is 0.253 e. The molecule has 0 radical (unpaired) electrons. The third-order valence-corrected chi connectivity index (χ3v) is 5.27. The molecule has 2 fully saturated rings. The number of ether oxygens (including phenoxy) is 2. The average molecular weight is 372 g/mol. The van der Waals surface area contributed by atoms with Crippen LogP contribution < -0.4 is 5.32 Å². The summed E-state index contributed by atoms with van der Waals surface area (Å²) in [5.41, 5.74) is 3.20. The van der Waals surface area contributed by atoms with E-state index in [1.54, 1.807) is 7.11 Å². The molecule has 1 aliphatic heterocycles. The molecule has 0 unspecified atom stereocenters. The zero-order chi connectivity index (χ0) is 18.6. The first kappa shape index (κ1) is 18.4. The minimum Gasteiger partial charge on any atom is -0.385 e. The topological polar surface area (TPSA) is 68.6 Å². The largest absolute Gasteiger partial charge is 0.385 e. The number of aryl methyl sites for hydroxylation is 1. The Balaban J connectivity index is 1.56. The first-order chi connectivity index (χ1) is 13.3. The van der Waals surface area contributed by atoms with Crippen molar-refractivity contribution in [3.05, 3.63) is 30.1 Å². The Morgan fingerprint density at radius 3 is 3.11 bits per heavy atom. The van der Waals surface area contributed by atoms with Crippen LogP contribution in [0.4, 0.5) is 0 Å². The van der Waals surface area contributed by atoms with Crippen LogP contribution in [-0.4, -0.2) is 65.9 Å². The van der Waals surface area contributed by atoms with Gasteiger partial charge in [0.2, 0.25) is 0 Å². The molecule has 2 aromatic heterocycles. The van der Waals surface area contributed by atoms with Crippen LogP contribution in [0, 0.1) is 0 Å². The Bertz CT molecular complexity index is 781. The molecule has 146 valence electrons. The van der Waals surface area contributed by atoms with Crippen molar-refractivity contribution in [2.75, 3.05) is 33.4 Å². The number of pyridine rings is 1. The molecule has 1 saturated carbocycles. The number of rotatable bonds is 8. The summed E-state index contributed by atoms with van der Waals surface area (Å²) < 4.78 is 13.1. The summed E-state index contributed by atoms with van der Waals surface area (Å²) in [6.45, 7) is 4.20. The molecule has 2 aliphatic rings. The molecule has 0 spiro atoms. The smallest absolute Gasteiger partial charge is 0.253 e. The monoisotopic (exact) mass is 372 g/mol. The van der Waals surface area contributed by atoms with Crippen LogP contribution in [0.2, 0.25) is 0 Å². The second-order valence-corrected chi connectivity index (χ2v) is 7.33. The molecule has 1 amide bonds. The van der Waals surface area contributed by atoms with Crippen LogP contribution in [-0.2, 0) is 27.4 Å². The number of amides is 1. The molecule has 7 heteroatoms. The van der Waals surface area contributed by atoms with E-state index in [9.17, 15) is 4.79 Å². The van der Waals surface area contributed by atoms with Crippen molar-refractivity contribution in [3.63, 3.8) is 0 Å². The van der Waals surface area contributed by atoms with E-state index in [1.807, 2.05) is 17.2 Å². The molecule has 2 aromatic rings. The minimum absolute atomic E-state index is 0.0981. The summed E-state index contributed by atoms with van der Waals surface area (Å²) in [7, 11) is 1.72. The summed E-state index contributed by atoms with van der Waals surface area (Å²) >= 11 is 0.